The first-order valence-electron chi connectivity index (χ1n) is 5.96. The monoisotopic (exact) mass is 247 g/mol. The molecule has 5 nitrogen and oxygen atoms in total. The minimum atomic E-state index is -0.339. The van der Waals surface area contributed by atoms with Crippen LogP contribution in [0.5, 0.6) is 0 Å². The van der Waals surface area contributed by atoms with Crippen molar-refractivity contribution in [2.24, 2.45) is 0 Å². The molecule has 1 aliphatic rings. The van der Waals surface area contributed by atoms with E-state index in [4.69, 9.17) is 0 Å². The standard InChI is InChI=1S/C12H14FN5/c13-8-1-2-10(15-6-8)11-5-12(18-17-11)16-9-3-4-14-7-9/h1-2,5-6,9,14H,3-4,7H2,(H2,16,17,18). The van der Waals surface area contributed by atoms with Gasteiger partial charge in [-0.15, -0.1) is 0 Å². The molecule has 0 aliphatic carbocycles. The molecule has 3 heterocycles. The number of pyridine rings is 1. The molecule has 0 amide bonds. The molecule has 18 heavy (non-hydrogen) atoms. The van der Waals surface area contributed by atoms with E-state index < -0.39 is 0 Å². The van der Waals surface area contributed by atoms with E-state index in [-0.39, 0.29) is 5.82 Å². The van der Waals surface area contributed by atoms with Crippen molar-refractivity contribution < 1.29 is 4.39 Å². The van der Waals surface area contributed by atoms with Crippen LogP contribution < -0.4 is 10.6 Å². The molecule has 0 aromatic carbocycles. The normalized spacial score (nSPS) is 19.1. The number of nitrogens with zero attached hydrogens (tertiary/aromatic N) is 2. The van der Waals surface area contributed by atoms with Crippen molar-refractivity contribution in [3.05, 3.63) is 30.2 Å². The van der Waals surface area contributed by atoms with Crippen LogP contribution in [0.1, 0.15) is 6.42 Å². The molecule has 1 saturated heterocycles. The van der Waals surface area contributed by atoms with E-state index >= 15 is 0 Å². The number of halogens is 1. The summed E-state index contributed by atoms with van der Waals surface area (Å²) in [4.78, 5) is 4.01. The van der Waals surface area contributed by atoms with Crippen LogP contribution in [0.25, 0.3) is 11.4 Å². The molecule has 94 valence electrons. The lowest BCUT2D eigenvalue weighted by Crippen LogP contribution is -2.22. The van der Waals surface area contributed by atoms with Gasteiger partial charge in [-0.05, 0) is 25.1 Å². The largest absolute Gasteiger partial charge is 0.365 e. The van der Waals surface area contributed by atoms with E-state index in [1.807, 2.05) is 6.07 Å². The third kappa shape index (κ3) is 2.33. The lowest BCUT2D eigenvalue weighted by Gasteiger charge is -2.08. The number of anilines is 1. The Morgan fingerprint density at radius 3 is 3.06 bits per heavy atom. The van der Waals surface area contributed by atoms with Gasteiger partial charge in [0.2, 0.25) is 0 Å². The maximum Gasteiger partial charge on any atom is 0.148 e. The fourth-order valence-corrected chi connectivity index (χ4v) is 2.05. The number of nitrogens with one attached hydrogen (secondary N) is 3. The van der Waals surface area contributed by atoms with Crippen LogP contribution in [0.2, 0.25) is 0 Å². The van der Waals surface area contributed by atoms with E-state index in [0.29, 0.717) is 11.7 Å². The lowest BCUT2D eigenvalue weighted by molar-refractivity contribution is 0.622. The summed E-state index contributed by atoms with van der Waals surface area (Å²) in [5.74, 6) is 0.457. The minimum Gasteiger partial charge on any atom is -0.365 e. The second kappa shape index (κ2) is 4.73. The van der Waals surface area contributed by atoms with Gasteiger partial charge in [0.1, 0.15) is 11.6 Å². The topological polar surface area (TPSA) is 65.6 Å². The molecule has 0 bridgehead atoms. The Morgan fingerprint density at radius 1 is 1.39 bits per heavy atom. The zero-order valence-corrected chi connectivity index (χ0v) is 9.78. The summed E-state index contributed by atoms with van der Waals surface area (Å²) in [7, 11) is 0. The van der Waals surface area contributed by atoms with Gasteiger partial charge in [-0.1, -0.05) is 0 Å². The second-order valence-corrected chi connectivity index (χ2v) is 4.36. The van der Waals surface area contributed by atoms with E-state index in [0.717, 1.165) is 31.0 Å². The predicted molar refractivity (Wildman–Crippen MR) is 66.7 cm³/mol. The molecule has 1 fully saturated rings. The Kier molecular flexibility index (Phi) is 2.93. The highest BCUT2D eigenvalue weighted by molar-refractivity contribution is 5.58. The van der Waals surface area contributed by atoms with Crippen molar-refractivity contribution >= 4 is 5.82 Å². The number of rotatable bonds is 3. The third-order valence-corrected chi connectivity index (χ3v) is 2.99. The first kappa shape index (κ1) is 11.2. The molecule has 1 aliphatic heterocycles. The SMILES string of the molecule is Fc1ccc(-c2cc(NC3CCNC3)n[nH]2)nc1. The molecule has 2 aromatic rings. The first-order chi connectivity index (χ1) is 8.81. The van der Waals surface area contributed by atoms with Crippen LogP contribution >= 0.6 is 0 Å². The Hall–Kier alpha value is -1.95. The molecular formula is C12H14FN5. The molecule has 0 radical (unpaired) electrons. The number of hydrogen-bond acceptors (Lipinski definition) is 4. The fraction of sp³-hybridized carbons (Fsp3) is 0.333. The minimum absolute atomic E-state index is 0.339. The van der Waals surface area contributed by atoms with Crippen LogP contribution in [0.15, 0.2) is 24.4 Å². The quantitative estimate of drug-likeness (QED) is 0.766. The van der Waals surface area contributed by atoms with E-state index in [9.17, 15) is 4.39 Å². The molecule has 2 aromatic heterocycles. The molecule has 6 heteroatoms. The molecule has 0 saturated carbocycles. The number of aromatic amines is 1. The maximum atomic E-state index is 12.8. The summed E-state index contributed by atoms with van der Waals surface area (Å²) in [5.41, 5.74) is 1.46. The van der Waals surface area contributed by atoms with E-state index in [2.05, 4.69) is 25.8 Å². The van der Waals surface area contributed by atoms with Crippen molar-refractivity contribution in [1.29, 1.82) is 0 Å². The van der Waals surface area contributed by atoms with Gasteiger partial charge in [-0.2, -0.15) is 5.10 Å². The van der Waals surface area contributed by atoms with Gasteiger partial charge in [0.15, 0.2) is 0 Å². The molecular weight excluding hydrogens is 233 g/mol. The van der Waals surface area contributed by atoms with Crippen LogP contribution in [0.4, 0.5) is 10.2 Å². The Morgan fingerprint density at radius 2 is 2.33 bits per heavy atom. The van der Waals surface area contributed by atoms with Gasteiger partial charge in [-0.25, -0.2) is 4.39 Å². The van der Waals surface area contributed by atoms with Crippen LogP contribution in [0, 0.1) is 5.82 Å². The summed E-state index contributed by atoms with van der Waals surface area (Å²) in [5, 5.41) is 13.7. The van der Waals surface area contributed by atoms with Crippen LogP contribution in [0.3, 0.4) is 0 Å². The number of hydrogen-bond donors (Lipinski definition) is 3. The Bertz CT molecular complexity index is 516. The lowest BCUT2D eigenvalue weighted by atomic mass is 10.2. The van der Waals surface area contributed by atoms with Gasteiger partial charge < -0.3 is 10.6 Å². The second-order valence-electron chi connectivity index (χ2n) is 4.36. The van der Waals surface area contributed by atoms with Crippen molar-refractivity contribution in [2.45, 2.75) is 12.5 Å². The van der Waals surface area contributed by atoms with Crippen LogP contribution in [-0.2, 0) is 0 Å². The van der Waals surface area contributed by atoms with E-state index in [1.165, 1.54) is 12.3 Å². The van der Waals surface area contributed by atoms with Gasteiger partial charge in [0.25, 0.3) is 0 Å². The average Bonchev–Trinajstić information content (AvgIpc) is 3.02. The molecule has 0 spiro atoms. The summed E-state index contributed by atoms with van der Waals surface area (Å²) in [6, 6.07) is 5.32. The van der Waals surface area contributed by atoms with Crippen molar-refractivity contribution in [3.63, 3.8) is 0 Å². The average molecular weight is 247 g/mol. The highest BCUT2D eigenvalue weighted by Gasteiger charge is 2.15. The van der Waals surface area contributed by atoms with Gasteiger partial charge in [-0.3, -0.25) is 10.1 Å². The number of aromatic nitrogens is 3. The zero-order chi connectivity index (χ0) is 12.4. The summed E-state index contributed by atoms with van der Waals surface area (Å²) >= 11 is 0. The van der Waals surface area contributed by atoms with E-state index in [1.54, 1.807) is 6.07 Å². The summed E-state index contributed by atoms with van der Waals surface area (Å²) in [6.07, 6.45) is 2.29. The molecule has 3 N–H and O–H groups in total. The number of H-pyrrole nitrogens is 1. The summed E-state index contributed by atoms with van der Waals surface area (Å²) in [6.45, 7) is 1.99. The maximum absolute atomic E-state index is 12.8. The van der Waals surface area contributed by atoms with Crippen molar-refractivity contribution in [3.8, 4) is 11.4 Å². The zero-order valence-electron chi connectivity index (χ0n) is 9.78. The van der Waals surface area contributed by atoms with Gasteiger partial charge in [0.05, 0.1) is 17.6 Å². The van der Waals surface area contributed by atoms with Crippen LogP contribution in [-0.4, -0.2) is 34.3 Å². The highest BCUT2D eigenvalue weighted by Crippen LogP contribution is 2.18. The Balaban J connectivity index is 1.74. The Labute approximate surface area is 104 Å². The molecule has 1 atom stereocenters. The van der Waals surface area contributed by atoms with Gasteiger partial charge in [0, 0.05) is 18.7 Å². The molecule has 1 unspecified atom stereocenters. The predicted octanol–water partition coefficient (Wildman–Crippen LogP) is 1.38. The summed E-state index contributed by atoms with van der Waals surface area (Å²) < 4.78 is 12.8. The highest BCUT2D eigenvalue weighted by atomic mass is 19.1. The first-order valence-corrected chi connectivity index (χ1v) is 5.96. The third-order valence-electron chi connectivity index (χ3n) is 2.99. The van der Waals surface area contributed by atoms with Gasteiger partial charge >= 0.3 is 0 Å². The van der Waals surface area contributed by atoms with Crippen molar-refractivity contribution in [2.75, 3.05) is 18.4 Å². The molecule has 3 rings (SSSR count). The smallest absolute Gasteiger partial charge is 0.148 e. The fourth-order valence-electron chi connectivity index (χ4n) is 2.05. The van der Waals surface area contributed by atoms with Crippen molar-refractivity contribution in [1.82, 2.24) is 20.5 Å².